The quantitative estimate of drug-likeness (QED) is 0.840. The number of carbonyl (C=O) groups is 1. The SMILES string of the molecule is CCOC(=O)C(c1ccccc1)C(O)[C@H]1COC(C)(C)O1. The Morgan fingerprint density at radius 1 is 1.43 bits per heavy atom. The third-order valence-corrected chi connectivity index (χ3v) is 3.45. The highest BCUT2D eigenvalue weighted by Crippen LogP contribution is 2.31. The van der Waals surface area contributed by atoms with Gasteiger partial charge >= 0.3 is 5.97 Å². The summed E-state index contributed by atoms with van der Waals surface area (Å²) in [5.41, 5.74) is 0.705. The third-order valence-electron chi connectivity index (χ3n) is 3.45. The maximum absolute atomic E-state index is 12.2. The van der Waals surface area contributed by atoms with Crippen LogP contribution in [0.2, 0.25) is 0 Å². The molecule has 0 spiro atoms. The van der Waals surface area contributed by atoms with E-state index < -0.39 is 29.9 Å². The Morgan fingerprint density at radius 2 is 2.10 bits per heavy atom. The van der Waals surface area contributed by atoms with Gasteiger partial charge in [-0.1, -0.05) is 30.3 Å². The monoisotopic (exact) mass is 294 g/mol. The first kappa shape index (κ1) is 15.9. The zero-order valence-electron chi connectivity index (χ0n) is 12.6. The maximum atomic E-state index is 12.2. The second kappa shape index (κ2) is 6.56. The van der Waals surface area contributed by atoms with E-state index in [4.69, 9.17) is 14.2 Å². The van der Waals surface area contributed by atoms with Crippen molar-refractivity contribution in [2.45, 2.75) is 44.7 Å². The van der Waals surface area contributed by atoms with Crippen LogP contribution in [0.5, 0.6) is 0 Å². The van der Waals surface area contributed by atoms with Crippen LogP contribution in [0, 0.1) is 0 Å². The van der Waals surface area contributed by atoms with Gasteiger partial charge in [0.2, 0.25) is 0 Å². The van der Waals surface area contributed by atoms with E-state index >= 15 is 0 Å². The molecule has 5 heteroatoms. The van der Waals surface area contributed by atoms with Crippen molar-refractivity contribution in [2.75, 3.05) is 13.2 Å². The van der Waals surface area contributed by atoms with Crippen molar-refractivity contribution in [1.82, 2.24) is 0 Å². The molecule has 0 aromatic heterocycles. The summed E-state index contributed by atoms with van der Waals surface area (Å²) in [4.78, 5) is 12.2. The molecule has 1 aliphatic rings. The molecule has 0 aliphatic carbocycles. The van der Waals surface area contributed by atoms with Crippen molar-refractivity contribution in [3.05, 3.63) is 35.9 Å². The molecule has 0 saturated carbocycles. The van der Waals surface area contributed by atoms with Gasteiger partial charge in [0.15, 0.2) is 5.79 Å². The number of hydrogen-bond donors (Lipinski definition) is 1. The second-order valence-corrected chi connectivity index (χ2v) is 5.50. The standard InChI is InChI=1S/C16H22O5/c1-4-19-15(18)13(11-8-6-5-7-9-11)14(17)12-10-20-16(2,3)21-12/h5-9,12-14,17H,4,10H2,1-3H3/t12-,13?,14?/m1/s1. The fraction of sp³-hybridized carbons (Fsp3) is 0.562. The van der Waals surface area contributed by atoms with Crippen LogP contribution < -0.4 is 0 Å². The van der Waals surface area contributed by atoms with E-state index in [-0.39, 0.29) is 13.2 Å². The van der Waals surface area contributed by atoms with Crippen molar-refractivity contribution in [1.29, 1.82) is 0 Å². The molecule has 0 bridgehead atoms. The first-order chi connectivity index (χ1) is 9.94. The first-order valence-corrected chi connectivity index (χ1v) is 7.16. The average Bonchev–Trinajstić information content (AvgIpc) is 2.81. The summed E-state index contributed by atoms with van der Waals surface area (Å²) in [6.45, 7) is 5.81. The minimum Gasteiger partial charge on any atom is -0.465 e. The van der Waals surface area contributed by atoms with Crippen LogP contribution in [0.1, 0.15) is 32.3 Å². The smallest absolute Gasteiger partial charge is 0.316 e. The predicted molar refractivity (Wildman–Crippen MR) is 76.7 cm³/mol. The molecule has 2 rings (SSSR count). The van der Waals surface area contributed by atoms with E-state index in [0.29, 0.717) is 5.56 Å². The van der Waals surface area contributed by atoms with Crippen LogP contribution in [-0.2, 0) is 19.0 Å². The van der Waals surface area contributed by atoms with E-state index in [2.05, 4.69) is 0 Å². The Labute approximate surface area is 124 Å². The number of esters is 1. The van der Waals surface area contributed by atoms with Gasteiger partial charge in [-0.15, -0.1) is 0 Å². The first-order valence-electron chi connectivity index (χ1n) is 7.16. The molecule has 0 radical (unpaired) electrons. The van der Waals surface area contributed by atoms with Gasteiger partial charge in [-0.2, -0.15) is 0 Å². The molecule has 5 nitrogen and oxygen atoms in total. The molecular weight excluding hydrogens is 272 g/mol. The van der Waals surface area contributed by atoms with Gasteiger partial charge in [-0.3, -0.25) is 4.79 Å². The maximum Gasteiger partial charge on any atom is 0.316 e. The van der Waals surface area contributed by atoms with Crippen molar-refractivity contribution in [3.8, 4) is 0 Å². The Morgan fingerprint density at radius 3 is 2.62 bits per heavy atom. The molecule has 1 aromatic carbocycles. The van der Waals surface area contributed by atoms with Crippen LogP contribution in [0.4, 0.5) is 0 Å². The van der Waals surface area contributed by atoms with E-state index in [1.165, 1.54) is 0 Å². The lowest BCUT2D eigenvalue weighted by atomic mass is 9.90. The normalized spacial score (nSPS) is 23.5. The predicted octanol–water partition coefficient (Wildman–Crippen LogP) is 1.85. The fourth-order valence-corrected chi connectivity index (χ4v) is 2.46. The van der Waals surface area contributed by atoms with Gasteiger partial charge < -0.3 is 19.3 Å². The summed E-state index contributed by atoms with van der Waals surface area (Å²) in [6.07, 6.45) is -1.58. The molecule has 1 aliphatic heterocycles. The van der Waals surface area contributed by atoms with Gasteiger partial charge in [-0.25, -0.2) is 0 Å². The Hall–Kier alpha value is -1.43. The summed E-state index contributed by atoms with van der Waals surface area (Å²) >= 11 is 0. The summed E-state index contributed by atoms with van der Waals surface area (Å²) < 4.78 is 16.2. The van der Waals surface area contributed by atoms with Gasteiger partial charge in [0, 0.05) is 0 Å². The lowest BCUT2D eigenvalue weighted by Crippen LogP contribution is -2.39. The fourth-order valence-electron chi connectivity index (χ4n) is 2.46. The van der Waals surface area contributed by atoms with Crippen molar-refractivity contribution in [3.63, 3.8) is 0 Å². The molecule has 1 fully saturated rings. The van der Waals surface area contributed by atoms with Crippen LogP contribution in [0.15, 0.2) is 30.3 Å². The molecule has 3 atom stereocenters. The largest absolute Gasteiger partial charge is 0.465 e. The number of ether oxygens (including phenoxy) is 3. The van der Waals surface area contributed by atoms with Crippen molar-refractivity contribution in [2.24, 2.45) is 0 Å². The zero-order chi connectivity index (χ0) is 15.5. The van der Waals surface area contributed by atoms with Crippen LogP contribution in [-0.4, -0.2) is 42.3 Å². The summed E-state index contributed by atoms with van der Waals surface area (Å²) in [6, 6.07) is 9.10. The third kappa shape index (κ3) is 3.81. The van der Waals surface area contributed by atoms with Crippen LogP contribution in [0.25, 0.3) is 0 Å². The Balaban J connectivity index is 2.21. The van der Waals surface area contributed by atoms with Gasteiger partial charge in [0.05, 0.1) is 19.3 Å². The van der Waals surface area contributed by atoms with E-state index in [1.807, 2.05) is 18.2 Å². The van der Waals surface area contributed by atoms with Gasteiger partial charge in [0.1, 0.15) is 12.0 Å². The molecule has 1 heterocycles. The van der Waals surface area contributed by atoms with Crippen LogP contribution >= 0.6 is 0 Å². The van der Waals surface area contributed by atoms with Gasteiger partial charge in [0.25, 0.3) is 0 Å². The molecule has 21 heavy (non-hydrogen) atoms. The molecule has 2 unspecified atom stereocenters. The topological polar surface area (TPSA) is 65.0 Å². The Bertz CT molecular complexity index is 471. The highest BCUT2D eigenvalue weighted by molar-refractivity contribution is 5.79. The van der Waals surface area contributed by atoms with Gasteiger partial charge in [-0.05, 0) is 26.3 Å². The molecule has 0 amide bonds. The number of carbonyl (C=O) groups excluding carboxylic acids is 1. The molecular formula is C16H22O5. The van der Waals surface area contributed by atoms with E-state index in [0.717, 1.165) is 0 Å². The lowest BCUT2D eigenvalue weighted by molar-refractivity contribution is -0.163. The lowest BCUT2D eigenvalue weighted by Gasteiger charge is -2.26. The number of aliphatic hydroxyl groups is 1. The zero-order valence-corrected chi connectivity index (χ0v) is 12.6. The highest BCUT2D eigenvalue weighted by atomic mass is 16.7. The number of hydrogen-bond acceptors (Lipinski definition) is 5. The Kier molecular flexibility index (Phi) is 4.98. The molecule has 1 saturated heterocycles. The minimum absolute atomic E-state index is 0.247. The number of aliphatic hydroxyl groups excluding tert-OH is 1. The van der Waals surface area contributed by atoms with E-state index in [1.54, 1.807) is 32.9 Å². The van der Waals surface area contributed by atoms with Crippen molar-refractivity contribution < 1.29 is 24.1 Å². The number of rotatable bonds is 5. The molecule has 1 N–H and O–H groups in total. The summed E-state index contributed by atoms with van der Waals surface area (Å²) in [5, 5.41) is 10.6. The average molecular weight is 294 g/mol. The summed E-state index contributed by atoms with van der Waals surface area (Å²) in [7, 11) is 0. The molecule has 1 aromatic rings. The van der Waals surface area contributed by atoms with E-state index in [9.17, 15) is 9.90 Å². The number of benzene rings is 1. The highest BCUT2D eigenvalue weighted by Gasteiger charge is 2.43. The summed E-state index contributed by atoms with van der Waals surface area (Å²) in [5.74, 6) is -1.99. The van der Waals surface area contributed by atoms with Crippen LogP contribution in [0.3, 0.4) is 0 Å². The van der Waals surface area contributed by atoms with Crippen molar-refractivity contribution >= 4 is 5.97 Å². The minimum atomic E-state index is -1.02. The second-order valence-electron chi connectivity index (χ2n) is 5.50. The molecule has 116 valence electrons.